The summed E-state index contributed by atoms with van der Waals surface area (Å²) in [6.07, 6.45) is 0. The van der Waals surface area contributed by atoms with Crippen LogP contribution in [0.4, 0.5) is 5.69 Å². The summed E-state index contributed by atoms with van der Waals surface area (Å²) in [4.78, 5) is 21.2. The van der Waals surface area contributed by atoms with Gasteiger partial charge in [0.05, 0.1) is 15.9 Å². The van der Waals surface area contributed by atoms with Crippen LogP contribution in [0, 0.1) is 10.1 Å². The highest BCUT2D eigenvalue weighted by Crippen LogP contribution is 2.36. The Morgan fingerprint density at radius 2 is 2.00 bits per heavy atom. The van der Waals surface area contributed by atoms with E-state index in [9.17, 15) is 14.9 Å². The van der Waals surface area contributed by atoms with Crippen molar-refractivity contribution >= 4 is 34.0 Å². The summed E-state index contributed by atoms with van der Waals surface area (Å²) < 4.78 is 0. The van der Waals surface area contributed by atoms with Gasteiger partial charge in [0.2, 0.25) is 0 Å². The van der Waals surface area contributed by atoms with Gasteiger partial charge in [-0.05, 0) is 17.5 Å². The monoisotopic (exact) mass is 251 g/mol. The molecule has 0 aromatic heterocycles. The molecule has 0 saturated carbocycles. The van der Waals surface area contributed by atoms with Gasteiger partial charge in [-0.1, -0.05) is 29.8 Å². The van der Waals surface area contributed by atoms with Crippen molar-refractivity contribution in [3.05, 3.63) is 51.0 Å². The number of hydrogen-bond donors (Lipinski definition) is 1. The highest BCUT2D eigenvalue weighted by atomic mass is 35.5. The molecule has 0 fully saturated rings. The standard InChI is InChI=1S/C11H6ClNO4/c12-9-8(11(14)15)5-6-3-1-2-4-7(6)10(9)13(16)17/h1-5H,(H,14,15). The van der Waals surface area contributed by atoms with E-state index in [1.807, 2.05) is 0 Å². The van der Waals surface area contributed by atoms with Gasteiger partial charge in [0, 0.05) is 0 Å². The third-order valence-corrected chi connectivity index (χ3v) is 2.76. The molecule has 0 atom stereocenters. The molecular formula is C11H6ClNO4. The van der Waals surface area contributed by atoms with Crippen LogP contribution in [0.2, 0.25) is 5.02 Å². The minimum atomic E-state index is -1.29. The van der Waals surface area contributed by atoms with E-state index in [0.717, 1.165) is 0 Å². The molecule has 0 heterocycles. The van der Waals surface area contributed by atoms with E-state index in [-0.39, 0.29) is 16.3 Å². The van der Waals surface area contributed by atoms with Crippen molar-refractivity contribution in [2.45, 2.75) is 0 Å². The molecule has 2 rings (SSSR count). The maximum absolute atomic E-state index is 10.9. The molecule has 0 amide bonds. The van der Waals surface area contributed by atoms with E-state index in [2.05, 4.69) is 0 Å². The lowest BCUT2D eigenvalue weighted by atomic mass is 10.0. The average Bonchev–Trinajstić information content (AvgIpc) is 2.27. The lowest BCUT2D eigenvalue weighted by molar-refractivity contribution is -0.382. The van der Waals surface area contributed by atoms with Gasteiger partial charge < -0.3 is 5.11 Å². The predicted octanol–water partition coefficient (Wildman–Crippen LogP) is 3.10. The second kappa shape index (κ2) is 4.03. The number of carboxylic acid groups (broad SMARTS) is 1. The second-order valence-electron chi connectivity index (χ2n) is 3.37. The third-order valence-electron chi connectivity index (χ3n) is 2.37. The molecule has 17 heavy (non-hydrogen) atoms. The zero-order valence-corrected chi connectivity index (χ0v) is 9.14. The molecule has 0 spiro atoms. The molecule has 0 aliphatic heterocycles. The van der Waals surface area contributed by atoms with Gasteiger partial charge in [-0.15, -0.1) is 0 Å². The molecule has 0 radical (unpaired) electrons. The fourth-order valence-corrected chi connectivity index (χ4v) is 1.94. The van der Waals surface area contributed by atoms with Crippen LogP contribution in [0.1, 0.15) is 10.4 Å². The van der Waals surface area contributed by atoms with E-state index >= 15 is 0 Å². The quantitative estimate of drug-likeness (QED) is 0.657. The van der Waals surface area contributed by atoms with Gasteiger partial charge in [-0.25, -0.2) is 4.79 Å². The first-order valence-electron chi connectivity index (χ1n) is 4.61. The Hall–Kier alpha value is -2.14. The maximum Gasteiger partial charge on any atom is 0.337 e. The molecule has 0 saturated heterocycles. The highest BCUT2D eigenvalue weighted by molar-refractivity contribution is 6.37. The first-order chi connectivity index (χ1) is 8.02. The van der Waals surface area contributed by atoms with Gasteiger partial charge in [0.25, 0.3) is 5.69 Å². The Morgan fingerprint density at radius 3 is 2.59 bits per heavy atom. The first-order valence-corrected chi connectivity index (χ1v) is 4.99. The number of benzene rings is 2. The Balaban J connectivity index is 2.95. The van der Waals surface area contributed by atoms with Crippen LogP contribution in [0.25, 0.3) is 10.8 Å². The van der Waals surface area contributed by atoms with Crippen LogP contribution in [-0.2, 0) is 0 Å². The summed E-state index contributed by atoms with van der Waals surface area (Å²) >= 11 is 5.76. The average molecular weight is 252 g/mol. The summed E-state index contributed by atoms with van der Waals surface area (Å²) in [5.41, 5.74) is -0.640. The number of aromatic carboxylic acids is 1. The number of hydrogen-bond acceptors (Lipinski definition) is 3. The first kappa shape index (κ1) is 11.3. The van der Waals surface area contributed by atoms with Crippen molar-refractivity contribution in [1.29, 1.82) is 0 Å². The summed E-state index contributed by atoms with van der Waals surface area (Å²) in [6, 6.07) is 7.76. The van der Waals surface area contributed by atoms with Crippen LogP contribution in [0.3, 0.4) is 0 Å². The molecule has 0 aliphatic carbocycles. The Bertz CT molecular complexity index is 639. The normalized spacial score (nSPS) is 10.4. The van der Waals surface area contributed by atoms with Gasteiger partial charge in [-0.2, -0.15) is 0 Å². The lowest BCUT2D eigenvalue weighted by Crippen LogP contribution is -2.01. The van der Waals surface area contributed by atoms with Crippen molar-refractivity contribution in [2.24, 2.45) is 0 Å². The number of carboxylic acids is 1. The van der Waals surface area contributed by atoms with E-state index in [1.165, 1.54) is 12.1 Å². The molecule has 0 aliphatic rings. The molecule has 1 N–H and O–H groups in total. The number of carbonyl (C=O) groups is 1. The summed E-state index contributed by atoms with van der Waals surface area (Å²) in [6.45, 7) is 0. The molecular weight excluding hydrogens is 246 g/mol. The van der Waals surface area contributed by atoms with Crippen LogP contribution >= 0.6 is 11.6 Å². The lowest BCUT2D eigenvalue weighted by Gasteiger charge is -2.04. The van der Waals surface area contributed by atoms with Crippen molar-refractivity contribution in [1.82, 2.24) is 0 Å². The second-order valence-corrected chi connectivity index (χ2v) is 3.75. The Morgan fingerprint density at radius 1 is 1.35 bits per heavy atom. The topological polar surface area (TPSA) is 80.4 Å². The van der Waals surface area contributed by atoms with E-state index in [4.69, 9.17) is 16.7 Å². The van der Waals surface area contributed by atoms with Crippen molar-refractivity contribution in [3.63, 3.8) is 0 Å². The van der Waals surface area contributed by atoms with Crippen LogP contribution in [-0.4, -0.2) is 16.0 Å². The number of nitro benzene ring substituents is 1. The van der Waals surface area contributed by atoms with Crippen LogP contribution in [0.15, 0.2) is 30.3 Å². The number of nitro groups is 1. The molecule has 5 nitrogen and oxygen atoms in total. The highest BCUT2D eigenvalue weighted by Gasteiger charge is 2.23. The van der Waals surface area contributed by atoms with Gasteiger partial charge in [0.15, 0.2) is 0 Å². The van der Waals surface area contributed by atoms with E-state index in [1.54, 1.807) is 18.2 Å². The zero-order valence-electron chi connectivity index (χ0n) is 8.38. The smallest absolute Gasteiger partial charge is 0.337 e. The molecule has 0 unspecified atom stereocenters. The fraction of sp³-hybridized carbons (Fsp3) is 0. The number of halogens is 1. The van der Waals surface area contributed by atoms with Gasteiger partial charge in [0.1, 0.15) is 5.02 Å². The minimum Gasteiger partial charge on any atom is -0.478 e. The largest absolute Gasteiger partial charge is 0.478 e. The van der Waals surface area contributed by atoms with Crippen molar-refractivity contribution in [2.75, 3.05) is 0 Å². The van der Waals surface area contributed by atoms with Gasteiger partial charge in [-0.3, -0.25) is 10.1 Å². The summed E-state index contributed by atoms with van der Waals surface area (Å²) in [5.74, 6) is -1.29. The van der Waals surface area contributed by atoms with E-state index in [0.29, 0.717) is 10.8 Å². The van der Waals surface area contributed by atoms with Crippen molar-refractivity contribution < 1.29 is 14.8 Å². The molecule has 2 aromatic rings. The SMILES string of the molecule is O=C(O)c1cc2ccccc2c([N+](=O)[O-])c1Cl. The van der Waals surface area contributed by atoms with Crippen LogP contribution in [0.5, 0.6) is 0 Å². The van der Waals surface area contributed by atoms with Crippen LogP contribution < -0.4 is 0 Å². The molecule has 0 bridgehead atoms. The van der Waals surface area contributed by atoms with Crippen molar-refractivity contribution in [3.8, 4) is 0 Å². The van der Waals surface area contributed by atoms with Gasteiger partial charge >= 0.3 is 5.97 Å². The van der Waals surface area contributed by atoms with E-state index < -0.39 is 10.9 Å². The fourth-order valence-electron chi connectivity index (χ4n) is 1.64. The molecule has 6 heteroatoms. The molecule has 86 valence electrons. The summed E-state index contributed by atoms with van der Waals surface area (Å²) in [7, 11) is 0. The zero-order chi connectivity index (χ0) is 12.6. The number of rotatable bonds is 2. The predicted molar refractivity (Wildman–Crippen MR) is 62.6 cm³/mol. The number of fused-ring (bicyclic) bond motifs is 1. The third kappa shape index (κ3) is 1.81. The summed E-state index contributed by atoms with van der Waals surface area (Å²) in [5, 5.41) is 20.3. The minimum absolute atomic E-state index is 0.267. The Kier molecular flexibility index (Phi) is 2.69. The Labute approximate surface area is 100 Å². The maximum atomic E-state index is 10.9. The number of nitrogens with zero attached hydrogens (tertiary/aromatic N) is 1. The molecule has 2 aromatic carbocycles.